The fourth-order valence-electron chi connectivity index (χ4n) is 2.34. The van der Waals surface area contributed by atoms with Gasteiger partial charge in [-0.05, 0) is 45.0 Å². The second-order valence-electron chi connectivity index (χ2n) is 5.87. The van der Waals surface area contributed by atoms with Crippen LogP contribution >= 0.6 is 11.3 Å². The molecular weight excluding hydrogens is 370 g/mol. The molecule has 0 fully saturated rings. The molecule has 0 aliphatic heterocycles. The minimum atomic E-state index is -0.442. The Bertz CT molecular complexity index is 989. The molecule has 0 radical (unpaired) electrons. The SMILES string of the molecule is Cc1cc(OCc2ccc(C(=O)Nc3nc(C)c(C)s3)o2)ccc1[N+](=O)[O-]. The summed E-state index contributed by atoms with van der Waals surface area (Å²) in [7, 11) is 0. The summed E-state index contributed by atoms with van der Waals surface area (Å²) in [5.74, 6) is 0.706. The van der Waals surface area contributed by atoms with Crippen molar-refractivity contribution in [3.05, 3.63) is 68.1 Å². The Labute approximate surface area is 159 Å². The molecule has 0 aliphatic rings. The van der Waals surface area contributed by atoms with Crippen molar-refractivity contribution >= 4 is 28.1 Å². The van der Waals surface area contributed by atoms with E-state index in [1.54, 1.807) is 25.1 Å². The Balaban J connectivity index is 1.61. The lowest BCUT2D eigenvalue weighted by molar-refractivity contribution is -0.385. The molecule has 8 nitrogen and oxygen atoms in total. The van der Waals surface area contributed by atoms with Gasteiger partial charge in [-0.3, -0.25) is 20.2 Å². The first-order valence-electron chi connectivity index (χ1n) is 8.05. The predicted molar refractivity (Wildman–Crippen MR) is 100 cm³/mol. The molecule has 27 heavy (non-hydrogen) atoms. The molecule has 0 aliphatic carbocycles. The van der Waals surface area contributed by atoms with Crippen LogP contribution in [0, 0.1) is 30.9 Å². The summed E-state index contributed by atoms with van der Waals surface area (Å²) < 4.78 is 11.1. The normalized spacial score (nSPS) is 10.6. The van der Waals surface area contributed by atoms with Gasteiger partial charge in [0.1, 0.15) is 18.1 Å². The number of aryl methyl sites for hydroxylation is 3. The maximum Gasteiger partial charge on any atom is 0.293 e. The van der Waals surface area contributed by atoms with Gasteiger partial charge in [-0.15, -0.1) is 11.3 Å². The van der Waals surface area contributed by atoms with Gasteiger partial charge in [0.25, 0.3) is 11.6 Å². The average Bonchev–Trinajstić information content (AvgIpc) is 3.20. The zero-order valence-corrected chi connectivity index (χ0v) is 15.8. The van der Waals surface area contributed by atoms with Crippen LogP contribution in [0.5, 0.6) is 5.75 Å². The number of hydrogen-bond acceptors (Lipinski definition) is 7. The quantitative estimate of drug-likeness (QED) is 0.496. The van der Waals surface area contributed by atoms with Crippen molar-refractivity contribution in [1.82, 2.24) is 4.98 Å². The number of nitro groups is 1. The van der Waals surface area contributed by atoms with Gasteiger partial charge in [0, 0.05) is 16.5 Å². The molecule has 0 saturated carbocycles. The molecule has 0 saturated heterocycles. The second kappa shape index (κ2) is 7.58. The van der Waals surface area contributed by atoms with Crippen LogP contribution < -0.4 is 10.1 Å². The molecule has 1 N–H and O–H groups in total. The first-order chi connectivity index (χ1) is 12.8. The van der Waals surface area contributed by atoms with Gasteiger partial charge < -0.3 is 9.15 Å². The van der Waals surface area contributed by atoms with E-state index < -0.39 is 4.92 Å². The van der Waals surface area contributed by atoms with Crippen molar-refractivity contribution in [1.29, 1.82) is 0 Å². The topological polar surface area (TPSA) is 108 Å². The number of aromatic nitrogens is 1. The van der Waals surface area contributed by atoms with Crippen LogP contribution in [0.2, 0.25) is 0 Å². The van der Waals surface area contributed by atoms with Crippen molar-refractivity contribution in [2.45, 2.75) is 27.4 Å². The number of nitrogens with zero attached hydrogens (tertiary/aromatic N) is 2. The zero-order valence-electron chi connectivity index (χ0n) is 14.9. The molecule has 0 atom stereocenters. The first-order valence-corrected chi connectivity index (χ1v) is 8.87. The van der Waals surface area contributed by atoms with E-state index in [9.17, 15) is 14.9 Å². The van der Waals surface area contributed by atoms with Gasteiger partial charge in [-0.2, -0.15) is 0 Å². The van der Waals surface area contributed by atoms with E-state index in [-0.39, 0.29) is 24.0 Å². The van der Waals surface area contributed by atoms with E-state index in [1.807, 2.05) is 13.8 Å². The summed E-state index contributed by atoms with van der Waals surface area (Å²) in [6.45, 7) is 5.55. The van der Waals surface area contributed by atoms with Gasteiger partial charge >= 0.3 is 0 Å². The standard InChI is InChI=1S/C18H17N3O5S/c1-10-8-13(4-6-15(10)21(23)24)25-9-14-5-7-16(26-14)17(22)20-18-19-11(2)12(3)27-18/h4-8H,9H2,1-3H3,(H,19,20,22). The van der Waals surface area contributed by atoms with Crippen molar-refractivity contribution in [3.8, 4) is 5.75 Å². The molecule has 0 bridgehead atoms. The lowest BCUT2D eigenvalue weighted by Crippen LogP contribution is -2.10. The number of nitro benzene ring substituents is 1. The molecule has 0 unspecified atom stereocenters. The number of amides is 1. The van der Waals surface area contributed by atoms with E-state index in [2.05, 4.69) is 10.3 Å². The Hall–Kier alpha value is -3.20. The summed E-state index contributed by atoms with van der Waals surface area (Å²) in [5, 5.41) is 14.1. The number of anilines is 1. The highest BCUT2D eigenvalue weighted by Gasteiger charge is 2.15. The number of carbonyl (C=O) groups excluding carboxylic acids is 1. The first kappa shape index (κ1) is 18.6. The molecule has 3 aromatic rings. The molecule has 1 amide bonds. The maximum absolute atomic E-state index is 12.2. The van der Waals surface area contributed by atoms with Crippen LogP contribution in [0.1, 0.15) is 32.4 Å². The van der Waals surface area contributed by atoms with E-state index in [4.69, 9.17) is 9.15 Å². The fourth-order valence-corrected chi connectivity index (χ4v) is 3.15. The summed E-state index contributed by atoms with van der Waals surface area (Å²) in [4.78, 5) is 27.9. The summed E-state index contributed by atoms with van der Waals surface area (Å²) >= 11 is 1.40. The average molecular weight is 387 g/mol. The lowest BCUT2D eigenvalue weighted by atomic mass is 10.2. The second-order valence-corrected chi connectivity index (χ2v) is 7.08. The zero-order chi connectivity index (χ0) is 19.6. The van der Waals surface area contributed by atoms with Gasteiger partial charge in [0.05, 0.1) is 10.6 Å². The van der Waals surface area contributed by atoms with Gasteiger partial charge in [-0.1, -0.05) is 0 Å². The predicted octanol–water partition coefficient (Wildman–Crippen LogP) is 4.40. The summed E-state index contributed by atoms with van der Waals surface area (Å²) in [6.07, 6.45) is 0. The minimum absolute atomic E-state index is 0.0342. The molecule has 2 aromatic heterocycles. The molecule has 1 aromatic carbocycles. The molecule has 3 rings (SSSR count). The highest BCUT2D eigenvalue weighted by Crippen LogP contribution is 2.24. The molecular formula is C18H17N3O5S. The van der Waals surface area contributed by atoms with Gasteiger partial charge in [-0.25, -0.2) is 4.98 Å². The third-order valence-electron chi connectivity index (χ3n) is 3.88. The number of rotatable bonds is 6. The van der Waals surface area contributed by atoms with Gasteiger partial charge in [0.2, 0.25) is 0 Å². The highest BCUT2D eigenvalue weighted by molar-refractivity contribution is 7.15. The van der Waals surface area contributed by atoms with Crippen LogP contribution in [0.4, 0.5) is 10.8 Å². The van der Waals surface area contributed by atoms with Gasteiger partial charge in [0.15, 0.2) is 10.9 Å². The van der Waals surface area contributed by atoms with Crippen LogP contribution in [0.3, 0.4) is 0 Å². The Morgan fingerprint density at radius 3 is 2.70 bits per heavy atom. The third kappa shape index (κ3) is 4.32. The molecule has 0 spiro atoms. The monoisotopic (exact) mass is 387 g/mol. The number of nitrogens with one attached hydrogen (secondary N) is 1. The van der Waals surface area contributed by atoms with Crippen LogP contribution in [-0.2, 0) is 6.61 Å². The van der Waals surface area contributed by atoms with Crippen molar-refractivity contribution < 1.29 is 18.9 Å². The van der Waals surface area contributed by atoms with Crippen molar-refractivity contribution in [3.63, 3.8) is 0 Å². The van der Waals surface area contributed by atoms with Crippen LogP contribution in [-0.4, -0.2) is 15.8 Å². The van der Waals surface area contributed by atoms with Crippen LogP contribution in [0.15, 0.2) is 34.7 Å². The number of hydrogen-bond donors (Lipinski definition) is 1. The number of furan rings is 1. The number of ether oxygens (including phenoxy) is 1. The lowest BCUT2D eigenvalue weighted by Gasteiger charge is -2.05. The summed E-state index contributed by atoms with van der Waals surface area (Å²) in [6, 6.07) is 7.70. The molecule has 9 heteroatoms. The van der Waals surface area contributed by atoms with Crippen molar-refractivity contribution in [2.75, 3.05) is 5.32 Å². The molecule has 140 valence electrons. The van der Waals surface area contributed by atoms with Crippen molar-refractivity contribution in [2.24, 2.45) is 0 Å². The number of thiazole rings is 1. The third-order valence-corrected chi connectivity index (χ3v) is 4.87. The smallest absolute Gasteiger partial charge is 0.293 e. The molecule has 2 heterocycles. The Kier molecular flexibility index (Phi) is 5.22. The Morgan fingerprint density at radius 2 is 2.07 bits per heavy atom. The Morgan fingerprint density at radius 1 is 1.30 bits per heavy atom. The van der Waals surface area contributed by atoms with E-state index >= 15 is 0 Å². The maximum atomic E-state index is 12.2. The van der Waals surface area contributed by atoms with Crippen LogP contribution in [0.25, 0.3) is 0 Å². The van der Waals surface area contributed by atoms with E-state index in [0.29, 0.717) is 22.2 Å². The fraction of sp³-hybridized carbons (Fsp3) is 0.222. The van der Waals surface area contributed by atoms with E-state index in [1.165, 1.54) is 23.5 Å². The minimum Gasteiger partial charge on any atom is -0.486 e. The largest absolute Gasteiger partial charge is 0.486 e. The number of benzene rings is 1. The number of carbonyl (C=O) groups is 1. The summed E-state index contributed by atoms with van der Waals surface area (Å²) in [5.41, 5.74) is 1.42. The highest BCUT2D eigenvalue weighted by atomic mass is 32.1. The van der Waals surface area contributed by atoms with E-state index in [0.717, 1.165) is 10.6 Å².